The first-order valence-corrected chi connectivity index (χ1v) is 8.25. The predicted molar refractivity (Wildman–Crippen MR) is 84.9 cm³/mol. The van der Waals surface area contributed by atoms with Gasteiger partial charge in [0.05, 0.1) is 18.2 Å². The van der Waals surface area contributed by atoms with Crippen LogP contribution < -0.4 is 5.32 Å². The summed E-state index contributed by atoms with van der Waals surface area (Å²) in [7, 11) is 0. The van der Waals surface area contributed by atoms with E-state index < -0.39 is 0 Å². The number of nitrogens with one attached hydrogen (secondary N) is 1. The topological polar surface area (TPSA) is 71.5 Å². The van der Waals surface area contributed by atoms with Gasteiger partial charge in [-0.15, -0.1) is 0 Å². The summed E-state index contributed by atoms with van der Waals surface area (Å²) < 4.78 is 6.02. The maximum Gasteiger partial charge on any atom is 0.270 e. The normalized spacial score (nSPS) is 23.0. The minimum Gasteiger partial charge on any atom is -0.373 e. The molecule has 0 aliphatic carbocycles. The van der Waals surface area contributed by atoms with Crippen LogP contribution in [0, 0.1) is 0 Å². The number of aromatic nitrogens is 1. The standard InChI is InChI=1S/C17H23N3O3/c1-2-15(21)20-9-6-17(7-10-20)11-13(12-23-17)19-16(22)14-5-3-4-8-18-14/h3-5,8,13H,2,6-7,9-12H2,1H3,(H,19,22). The summed E-state index contributed by atoms with van der Waals surface area (Å²) in [6.45, 7) is 3.91. The van der Waals surface area contributed by atoms with Crippen LogP contribution in [0.3, 0.4) is 0 Å². The summed E-state index contributed by atoms with van der Waals surface area (Å²) in [5, 5.41) is 3.00. The fraction of sp³-hybridized carbons (Fsp3) is 0.588. The highest BCUT2D eigenvalue weighted by molar-refractivity contribution is 5.92. The number of amides is 2. The molecule has 1 spiro atoms. The van der Waals surface area contributed by atoms with Gasteiger partial charge >= 0.3 is 0 Å². The highest BCUT2D eigenvalue weighted by Gasteiger charge is 2.43. The first kappa shape index (κ1) is 15.9. The molecule has 1 unspecified atom stereocenters. The summed E-state index contributed by atoms with van der Waals surface area (Å²) in [5.74, 6) is 0.0488. The zero-order valence-corrected chi connectivity index (χ0v) is 13.5. The van der Waals surface area contributed by atoms with Crippen molar-refractivity contribution in [3.05, 3.63) is 30.1 Å². The number of nitrogens with zero attached hydrogens (tertiary/aromatic N) is 2. The number of hydrogen-bond donors (Lipinski definition) is 1. The molecule has 0 bridgehead atoms. The third kappa shape index (κ3) is 3.52. The summed E-state index contributed by atoms with van der Waals surface area (Å²) in [4.78, 5) is 29.9. The molecule has 3 rings (SSSR count). The zero-order valence-electron chi connectivity index (χ0n) is 13.5. The predicted octanol–water partition coefficient (Wildman–Crippen LogP) is 1.37. The van der Waals surface area contributed by atoms with Crippen molar-refractivity contribution in [2.24, 2.45) is 0 Å². The maximum atomic E-state index is 12.2. The van der Waals surface area contributed by atoms with E-state index in [0.717, 1.165) is 32.4 Å². The van der Waals surface area contributed by atoms with E-state index in [1.165, 1.54) is 0 Å². The minimum atomic E-state index is -0.188. The molecule has 2 saturated heterocycles. The number of likely N-dealkylation sites (tertiary alicyclic amines) is 1. The third-order valence-corrected chi connectivity index (χ3v) is 4.77. The highest BCUT2D eigenvalue weighted by atomic mass is 16.5. The van der Waals surface area contributed by atoms with Gasteiger partial charge in [0.2, 0.25) is 5.91 Å². The van der Waals surface area contributed by atoms with E-state index in [2.05, 4.69) is 10.3 Å². The number of pyridine rings is 1. The summed E-state index contributed by atoms with van der Waals surface area (Å²) in [5.41, 5.74) is 0.240. The van der Waals surface area contributed by atoms with Crippen molar-refractivity contribution in [3.8, 4) is 0 Å². The monoisotopic (exact) mass is 317 g/mol. The minimum absolute atomic E-state index is 0.0120. The molecule has 2 fully saturated rings. The third-order valence-electron chi connectivity index (χ3n) is 4.77. The zero-order chi connectivity index (χ0) is 16.3. The lowest BCUT2D eigenvalue weighted by Gasteiger charge is -2.38. The van der Waals surface area contributed by atoms with E-state index in [1.807, 2.05) is 11.8 Å². The van der Waals surface area contributed by atoms with Gasteiger partial charge in [-0.25, -0.2) is 0 Å². The second kappa shape index (κ2) is 6.66. The number of piperidine rings is 1. The van der Waals surface area contributed by atoms with Gasteiger partial charge in [0.15, 0.2) is 0 Å². The van der Waals surface area contributed by atoms with Crippen LogP contribution in [0.1, 0.15) is 43.1 Å². The molecule has 2 aliphatic heterocycles. The first-order chi connectivity index (χ1) is 11.1. The van der Waals surface area contributed by atoms with Crippen LogP contribution in [0.5, 0.6) is 0 Å². The molecule has 1 N–H and O–H groups in total. The van der Waals surface area contributed by atoms with Crippen LogP contribution in [-0.2, 0) is 9.53 Å². The molecule has 6 heteroatoms. The molecule has 1 aromatic rings. The second-order valence-electron chi connectivity index (χ2n) is 6.32. The summed E-state index contributed by atoms with van der Waals surface area (Å²) >= 11 is 0. The van der Waals surface area contributed by atoms with E-state index in [9.17, 15) is 9.59 Å². The average molecular weight is 317 g/mol. The number of carbonyl (C=O) groups excluding carboxylic acids is 2. The van der Waals surface area contributed by atoms with Crippen molar-refractivity contribution >= 4 is 11.8 Å². The van der Waals surface area contributed by atoms with Crippen molar-refractivity contribution in [2.75, 3.05) is 19.7 Å². The molecule has 0 aromatic carbocycles. The van der Waals surface area contributed by atoms with Crippen LogP contribution in [0.2, 0.25) is 0 Å². The molecule has 6 nitrogen and oxygen atoms in total. The molecule has 2 amide bonds. The molecule has 23 heavy (non-hydrogen) atoms. The van der Waals surface area contributed by atoms with Gasteiger partial charge < -0.3 is 15.0 Å². The molecular formula is C17H23N3O3. The Bertz CT molecular complexity index is 568. The number of rotatable bonds is 3. The van der Waals surface area contributed by atoms with Gasteiger partial charge in [-0.05, 0) is 31.4 Å². The van der Waals surface area contributed by atoms with E-state index in [4.69, 9.17) is 4.74 Å². The quantitative estimate of drug-likeness (QED) is 0.914. The van der Waals surface area contributed by atoms with Crippen LogP contribution in [0.25, 0.3) is 0 Å². The maximum absolute atomic E-state index is 12.2. The largest absolute Gasteiger partial charge is 0.373 e. The fourth-order valence-electron chi connectivity index (χ4n) is 3.43. The van der Waals surface area contributed by atoms with Gasteiger partial charge in [0, 0.05) is 25.7 Å². The van der Waals surface area contributed by atoms with Crippen LogP contribution in [0.15, 0.2) is 24.4 Å². The van der Waals surface area contributed by atoms with Gasteiger partial charge in [-0.2, -0.15) is 0 Å². The van der Waals surface area contributed by atoms with E-state index in [-0.39, 0.29) is 23.5 Å². The van der Waals surface area contributed by atoms with E-state index >= 15 is 0 Å². The Morgan fingerprint density at radius 1 is 1.39 bits per heavy atom. The molecule has 1 aromatic heterocycles. The van der Waals surface area contributed by atoms with Crippen molar-refractivity contribution < 1.29 is 14.3 Å². The molecule has 124 valence electrons. The number of ether oxygens (including phenoxy) is 1. The Morgan fingerprint density at radius 3 is 2.83 bits per heavy atom. The molecule has 2 aliphatic rings. The first-order valence-electron chi connectivity index (χ1n) is 8.25. The molecular weight excluding hydrogens is 294 g/mol. The Kier molecular flexibility index (Phi) is 4.61. The summed E-state index contributed by atoms with van der Waals surface area (Å²) in [6, 6.07) is 5.30. The van der Waals surface area contributed by atoms with Gasteiger partial charge in [-0.3, -0.25) is 14.6 Å². The van der Waals surface area contributed by atoms with Gasteiger partial charge in [-0.1, -0.05) is 13.0 Å². The lowest BCUT2D eigenvalue weighted by atomic mass is 9.87. The van der Waals surface area contributed by atoms with Crippen molar-refractivity contribution in [3.63, 3.8) is 0 Å². The van der Waals surface area contributed by atoms with Crippen LogP contribution in [-0.4, -0.2) is 53.0 Å². The van der Waals surface area contributed by atoms with Crippen molar-refractivity contribution in [1.29, 1.82) is 0 Å². The Morgan fingerprint density at radius 2 is 2.17 bits per heavy atom. The van der Waals surface area contributed by atoms with Gasteiger partial charge in [0.1, 0.15) is 5.69 Å². The van der Waals surface area contributed by atoms with Crippen molar-refractivity contribution in [1.82, 2.24) is 15.2 Å². The average Bonchev–Trinajstić information content (AvgIpc) is 2.98. The highest BCUT2D eigenvalue weighted by Crippen LogP contribution is 2.36. The Balaban J connectivity index is 1.53. The number of hydrogen-bond acceptors (Lipinski definition) is 4. The van der Waals surface area contributed by atoms with Crippen LogP contribution in [0.4, 0.5) is 0 Å². The molecule has 0 radical (unpaired) electrons. The SMILES string of the molecule is CCC(=O)N1CCC2(CC1)CC(NC(=O)c1ccccn1)CO2. The van der Waals surface area contributed by atoms with Gasteiger partial charge in [0.25, 0.3) is 5.91 Å². The van der Waals surface area contributed by atoms with Crippen LogP contribution >= 0.6 is 0 Å². The summed E-state index contributed by atoms with van der Waals surface area (Å²) in [6.07, 6.45) is 4.65. The van der Waals surface area contributed by atoms with E-state index in [0.29, 0.717) is 18.7 Å². The number of carbonyl (C=O) groups is 2. The van der Waals surface area contributed by atoms with E-state index in [1.54, 1.807) is 24.4 Å². The smallest absolute Gasteiger partial charge is 0.270 e. The molecule has 1 atom stereocenters. The fourth-order valence-corrected chi connectivity index (χ4v) is 3.43. The lowest BCUT2D eigenvalue weighted by molar-refractivity contribution is -0.135. The Hall–Kier alpha value is -1.95. The lowest BCUT2D eigenvalue weighted by Crippen LogP contribution is -2.47. The molecule has 0 saturated carbocycles. The van der Waals surface area contributed by atoms with Crippen molar-refractivity contribution in [2.45, 2.75) is 44.2 Å². The molecule has 3 heterocycles. The Labute approximate surface area is 136 Å². The second-order valence-corrected chi connectivity index (χ2v) is 6.32.